The van der Waals surface area contributed by atoms with Gasteiger partial charge < -0.3 is 9.15 Å². The van der Waals surface area contributed by atoms with Gasteiger partial charge in [-0.1, -0.05) is 60.7 Å². The van der Waals surface area contributed by atoms with Crippen LogP contribution in [0.4, 0.5) is 5.69 Å². The molecule has 8 rings (SSSR count). The monoisotopic (exact) mass is 461 g/mol. The second kappa shape index (κ2) is 7.27. The Kier molecular flexibility index (Phi) is 4.15. The fourth-order valence-corrected chi connectivity index (χ4v) is 6.19. The van der Waals surface area contributed by atoms with Crippen molar-refractivity contribution in [3.05, 3.63) is 119 Å². The van der Waals surface area contributed by atoms with Crippen LogP contribution in [0.5, 0.6) is 5.75 Å². The lowest BCUT2D eigenvalue weighted by molar-refractivity contribution is -0.122. The quantitative estimate of drug-likeness (QED) is 0.247. The molecular formula is C29H19NO5. The number of rotatable bonds is 3. The maximum absolute atomic E-state index is 14.0. The maximum Gasteiger partial charge on any atom is 0.379 e. The highest BCUT2D eigenvalue weighted by atomic mass is 16.5. The van der Waals surface area contributed by atoms with Crippen molar-refractivity contribution >= 4 is 23.5 Å². The molecule has 0 radical (unpaired) electrons. The topological polar surface area (TPSA) is 76.8 Å². The Morgan fingerprint density at radius 2 is 1.20 bits per heavy atom. The molecule has 0 unspecified atom stereocenters. The molecule has 1 aliphatic heterocycles. The standard InChI is InChI=1S/C29H19NO5/c31-27-25-23-16-8-1-2-9-17(16)24(19-11-4-3-10-18(19)23)26(25)28(32)30(27)20-12-5-6-13-21(20)35-29(33)22-14-7-15-34-22/h1-15,23-26H/t23?,24?,25-,26-/m1/s1. The number of furan rings is 1. The maximum atomic E-state index is 14.0. The zero-order chi connectivity index (χ0) is 23.7. The molecular weight excluding hydrogens is 442 g/mol. The number of ether oxygens (including phenoxy) is 1. The molecule has 1 fully saturated rings. The van der Waals surface area contributed by atoms with E-state index in [0.29, 0.717) is 0 Å². The molecule has 6 heteroatoms. The van der Waals surface area contributed by atoms with E-state index < -0.39 is 17.8 Å². The Bertz CT molecular complexity index is 1410. The van der Waals surface area contributed by atoms with E-state index in [4.69, 9.17) is 9.15 Å². The summed E-state index contributed by atoms with van der Waals surface area (Å²) in [6, 6.07) is 25.9. The number of hydrogen-bond donors (Lipinski definition) is 0. The number of imide groups is 1. The predicted octanol–water partition coefficient (Wildman–Crippen LogP) is 4.90. The molecule has 0 saturated carbocycles. The lowest BCUT2D eigenvalue weighted by Crippen LogP contribution is -2.41. The number of benzene rings is 3. The lowest BCUT2D eigenvalue weighted by Gasteiger charge is -2.45. The fraction of sp³-hybridized carbons (Fsp3) is 0.138. The summed E-state index contributed by atoms with van der Waals surface area (Å²) in [6.45, 7) is 0. The summed E-state index contributed by atoms with van der Waals surface area (Å²) in [7, 11) is 0. The minimum Gasteiger partial charge on any atom is -0.457 e. The average molecular weight is 461 g/mol. The molecule has 2 amide bonds. The van der Waals surface area contributed by atoms with Crippen molar-refractivity contribution in [2.75, 3.05) is 4.90 Å². The van der Waals surface area contributed by atoms with E-state index >= 15 is 0 Å². The Hall–Kier alpha value is -4.45. The third kappa shape index (κ3) is 2.68. The molecule has 3 aliphatic carbocycles. The molecule has 35 heavy (non-hydrogen) atoms. The van der Waals surface area contributed by atoms with Gasteiger partial charge in [0, 0.05) is 11.8 Å². The van der Waals surface area contributed by atoms with Crippen LogP contribution in [0, 0.1) is 11.8 Å². The number of carbonyl (C=O) groups is 3. The van der Waals surface area contributed by atoms with Gasteiger partial charge in [0.05, 0.1) is 23.8 Å². The molecule has 6 nitrogen and oxygen atoms in total. The van der Waals surface area contributed by atoms with E-state index in [0.717, 1.165) is 22.3 Å². The smallest absolute Gasteiger partial charge is 0.379 e. The summed E-state index contributed by atoms with van der Waals surface area (Å²) >= 11 is 0. The minimum absolute atomic E-state index is 0.0384. The van der Waals surface area contributed by atoms with Gasteiger partial charge in [-0.25, -0.2) is 9.69 Å². The van der Waals surface area contributed by atoms with Crippen molar-refractivity contribution in [1.29, 1.82) is 0 Å². The van der Waals surface area contributed by atoms with Gasteiger partial charge in [-0.2, -0.15) is 0 Å². The Morgan fingerprint density at radius 3 is 1.71 bits per heavy atom. The molecule has 0 spiro atoms. The highest BCUT2D eigenvalue weighted by Crippen LogP contribution is 2.61. The summed E-state index contributed by atoms with van der Waals surface area (Å²) < 4.78 is 10.7. The molecule has 1 saturated heterocycles. The Labute approximate surface area is 200 Å². The number of hydrogen-bond acceptors (Lipinski definition) is 5. The van der Waals surface area contributed by atoms with Gasteiger partial charge in [0.25, 0.3) is 0 Å². The van der Waals surface area contributed by atoms with Gasteiger partial charge in [-0.3, -0.25) is 9.59 Å². The van der Waals surface area contributed by atoms with Gasteiger partial charge in [0.15, 0.2) is 5.75 Å². The highest BCUT2D eigenvalue weighted by Gasteiger charge is 2.62. The molecule has 4 aliphatic rings. The lowest BCUT2D eigenvalue weighted by atomic mass is 9.55. The van der Waals surface area contributed by atoms with Crippen LogP contribution in [-0.4, -0.2) is 17.8 Å². The van der Waals surface area contributed by atoms with E-state index in [1.165, 1.54) is 17.2 Å². The molecule has 2 atom stereocenters. The number of esters is 1. The normalized spacial score (nSPS) is 23.6. The summed E-state index contributed by atoms with van der Waals surface area (Å²) in [4.78, 5) is 41.7. The number of nitrogens with zero attached hydrogens (tertiary/aromatic N) is 1. The third-order valence-electron chi connectivity index (χ3n) is 7.48. The first-order valence-electron chi connectivity index (χ1n) is 11.6. The van der Waals surface area contributed by atoms with Crippen LogP contribution in [-0.2, 0) is 9.59 Å². The van der Waals surface area contributed by atoms with Gasteiger partial charge >= 0.3 is 5.97 Å². The first-order valence-corrected chi connectivity index (χ1v) is 11.6. The van der Waals surface area contributed by atoms with Crippen LogP contribution < -0.4 is 9.64 Å². The zero-order valence-corrected chi connectivity index (χ0v) is 18.5. The predicted molar refractivity (Wildman–Crippen MR) is 126 cm³/mol. The first-order chi connectivity index (χ1) is 17.1. The number of carbonyl (C=O) groups excluding carboxylic acids is 3. The molecule has 0 N–H and O–H groups in total. The van der Waals surface area contributed by atoms with Crippen LogP contribution in [0.25, 0.3) is 0 Å². The van der Waals surface area contributed by atoms with Crippen LogP contribution >= 0.6 is 0 Å². The summed E-state index contributed by atoms with van der Waals surface area (Å²) in [6.07, 6.45) is 1.38. The highest BCUT2D eigenvalue weighted by molar-refractivity contribution is 6.24. The molecule has 3 aromatic carbocycles. The zero-order valence-electron chi connectivity index (χ0n) is 18.5. The summed E-state index contributed by atoms with van der Waals surface area (Å²) in [5, 5.41) is 0. The fourth-order valence-electron chi connectivity index (χ4n) is 6.19. The van der Waals surface area contributed by atoms with E-state index in [1.807, 2.05) is 24.3 Å². The van der Waals surface area contributed by atoms with Crippen molar-refractivity contribution in [2.24, 2.45) is 11.8 Å². The molecule has 1 aromatic heterocycles. The second-order valence-electron chi connectivity index (χ2n) is 9.11. The number of para-hydroxylation sites is 2. The second-order valence-corrected chi connectivity index (χ2v) is 9.11. The van der Waals surface area contributed by atoms with Gasteiger partial charge in [-0.15, -0.1) is 0 Å². The summed E-state index contributed by atoms with van der Waals surface area (Å²) in [5.41, 5.74) is 4.70. The van der Waals surface area contributed by atoms with Crippen LogP contribution in [0.2, 0.25) is 0 Å². The Balaban J connectivity index is 1.34. The molecule has 2 heterocycles. The van der Waals surface area contributed by atoms with E-state index in [1.54, 1.807) is 30.3 Å². The van der Waals surface area contributed by atoms with E-state index in [2.05, 4.69) is 24.3 Å². The third-order valence-corrected chi connectivity index (χ3v) is 7.48. The number of anilines is 1. The van der Waals surface area contributed by atoms with Crippen LogP contribution in [0.3, 0.4) is 0 Å². The van der Waals surface area contributed by atoms with Crippen molar-refractivity contribution in [3.8, 4) is 5.75 Å². The van der Waals surface area contributed by atoms with Crippen LogP contribution in [0.15, 0.2) is 95.6 Å². The van der Waals surface area contributed by atoms with Crippen molar-refractivity contribution < 1.29 is 23.5 Å². The molecule has 4 aromatic rings. The minimum atomic E-state index is -0.696. The Morgan fingerprint density at radius 1 is 0.686 bits per heavy atom. The van der Waals surface area contributed by atoms with Gasteiger partial charge in [0.1, 0.15) is 0 Å². The summed E-state index contributed by atoms with van der Waals surface area (Å²) in [5.74, 6) is -2.46. The first kappa shape index (κ1) is 20.0. The van der Waals surface area contributed by atoms with Crippen molar-refractivity contribution in [2.45, 2.75) is 11.8 Å². The van der Waals surface area contributed by atoms with Gasteiger partial charge in [0.2, 0.25) is 17.6 Å². The number of amides is 2. The van der Waals surface area contributed by atoms with Crippen LogP contribution in [0.1, 0.15) is 44.6 Å². The van der Waals surface area contributed by atoms with Crippen molar-refractivity contribution in [1.82, 2.24) is 0 Å². The molecule has 170 valence electrons. The van der Waals surface area contributed by atoms with Gasteiger partial charge in [-0.05, 0) is 46.5 Å². The molecule has 2 bridgehead atoms. The largest absolute Gasteiger partial charge is 0.457 e. The SMILES string of the molecule is O=C(Oc1ccccc1N1C(=O)[C@@H]2C3c4ccccc4C(c4ccccc43)[C@H]2C1=O)c1ccco1. The average Bonchev–Trinajstić information content (AvgIpc) is 3.52. The van der Waals surface area contributed by atoms with Crippen molar-refractivity contribution in [3.63, 3.8) is 0 Å². The van der Waals surface area contributed by atoms with E-state index in [-0.39, 0.29) is 40.8 Å². The van der Waals surface area contributed by atoms with E-state index in [9.17, 15) is 14.4 Å².